The van der Waals surface area contributed by atoms with Gasteiger partial charge in [0.05, 0.1) is 29.8 Å². The number of benzene rings is 1. The second-order valence-corrected chi connectivity index (χ2v) is 8.61. The van der Waals surface area contributed by atoms with Gasteiger partial charge in [-0.15, -0.1) is 0 Å². The van der Waals surface area contributed by atoms with E-state index in [1.807, 2.05) is 11.9 Å². The Labute approximate surface area is 152 Å². The number of nitrogens with one attached hydrogen (secondary N) is 1. The molecule has 1 N–H and O–H groups in total. The summed E-state index contributed by atoms with van der Waals surface area (Å²) in [4.78, 5) is 18.1. The highest BCUT2D eigenvalue weighted by Crippen LogP contribution is 2.23. The average Bonchev–Trinajstić information content (AvgIpc) is 2.97. The smallest absolute Gasteiger partial charge is 0.230 e. The Hall–Kier alpha value is -2.48. The van der Waals surface area contributed by atoms with Gasteiger partial charge in [-0.3, -0.25) is 4.79 Å². The fourth-order valence-electron chi connectivity index (χ4n) is 2.96. The van der Waals surface area contributed by atoms with Crippen LogP contribution >= 0.6 is 0 Å². The second-order valence-electron chi connectivity index (χ2n) is 6.39. The zero-order valence-electron chi connectivity index (χ0n) is 14.4. The lowest BCUT2D eigenvalue weighted by Crippen LogP contribution is -2.32. The van der Waals surface area contributed by atoms with Gasteiger partial charge in [0.1, 0.15) is 11.6 Å². The minimum absolute atomic E-state index is 0.0664. The summed E-state index contributed by atoms with van der Waals surface area (Å²) in [6.07, 6.45) is 2.11. The molecule has 0 spiro atoms. The molecule has 1 unspecified atom stereocenters. The topological polar surface area (TPSA) is 79.4 Å². The maximum atomic E-state index is 13.6. The molecule has 1 atom stereocenters. The third kappa shape index (κ3) is 4.37. The molecule has 0 aliphatic carbocycles. The Bertz CT molecular complexity index is 900. The number of rotatable bonds is 5. The monoisotopic (exact) mass is 377 g/mol. The number of hydrogen-bond donors (Lipinski definition) is 1. The van der Waals surface area contributed by atoms with Crippen molar-refractivity contribution in [3.8, 4) is 0 Å². The van der Waals surface area contributed by atoms with Gasteiger partial charge in [0, 0.05) is 13.1 Å². The molecule has 0 saturated carbocycles. The van der Waals surface area contributed by atoms with Crippen LogP contribution in [0.15, 0.2) is 42.6 Å². The molecule has 3 rings (SSSR count). The van der Waals surface area contributed by atoms with Crippen molar-refractivity contribution in [2.24, 2.45) is 0 Å². The highest BCUT2D eigenvalue weighted by Gasteiger charge is 2.30. The Morgan fingerprint density at radius 3 is 2.69 bits per heavy atom. The second kappa shape index (κ2) is 7.41. The molecule has 1 aromatic heterocycles. The van der Waals surface area contributed by atoms with Gasteiger partial charge >= 0.3 is 0 Å². The van der Waals surface area contributed by atoms with Crippen molar-refractivity contribution >= 4 is 27.2 Å². The number of nitrogens with zero attached hydrogens (tertiary/aromatic N) is 2. The highest BCUT2D eigenvalue weighted by atomic mass is 32.2. The fraction of sp³-hybridized carbons (Fsp3) is 0.333. The Balaban J connectivity index is 1.61. The number of amides is 1. The van der Waals surface area contributed by atoms with Gasteiger partial charge in [-0.05, 0) is 30.2 Å². The molecule has 2 heterocycles. The van der Waals surface area contributed by atoms with Crippen molar-refractivity contribution in [3.63, 3.8) is 0 Å². The van der Waals surface area contributed by atoms with E-state index in [-0.39, 0.29) is 29.9 Å². The van der Waals surface area contributed by atoms with Crippen LogP contribution in [0.5, 0.6) is 0 Å². The maximum absolute atomic E-state index is 13.6. The Morgan fingerprint density at radius 1 is 1.31 bits per heavy atom. The lowest BCUT2D eigenvalue weighted by molar-refractivity contribution is -0.115. The maximum Gasteiger partial charge on any atom is 0.230 e. The van der Waals surface area contributed by atoms with Crippen LogP contribution in [0, 0.1) is 5.82 Å². The molecule has 1 aliphatic rings. The van der Waals surface area contributed by atoms with Gasteiger partial charge in [-0.1, -0.05) is 18.2 Å². The van der Waals surface area contributed by atoms with E-state index < -0.39 is 15.7 Å². The molecule has 1 aromatic carbocycles. The van der Waals surface area contributed by atoms with Gasteiger partial charge in [0.2, 0.25) is 5.91 Å². The summed E-state index contributed by atoms with van der Waals surface area (Å²) < 4.78 is 36.8. The van der Waals surface area contributed by atoms with Gasteiger partial charge in [0.15, 0.2) is 9.84 Å². The lowest BCUT2D eigenvalue weighted by Gasteiger charge is -2.25. The molecular formula is C18H20FN3O3S. The van der Waals surface area contributed by atoms with E-state index in [0.29, 0.717) is 17.8 Å². The molecule has 26 heavy (non-hydrogen) atoms. The molecule has 1 saturated heterocycles. The SMILES string of the molecule is CN(c1ccc(NC(=O)Cc2ccccc2F)nc1)C1CCS(=O)(=O)C1. The number of pyridine rings is 1. The van der Waals surface area contributed by atoms with Crippen molar-refractivity contribution in [1.29, 1.82) is 0 Å². The van der Waals surface area contributed by atoms with Crippen LogP contribution in [0.3, 0.4) is 0 Å². The first-order valence-corrected chi connectivity index (χ1v) is 10.1. The number of halogens is 1. The molecule has 6 nitrogen and oxygen atoms in total. The normalized spacial score (nSPS) is 18.5. The number of carbonyl (C=O) groups is 1. The van der Waals surface area contributed by atoms with Crippen LogP contribution in [-0.4, -0.2) is 43.9 Å². The molecular weight excluding hydrogens is 357 g/mol. The van der Waals surface area contributed by atoms with Gasteiger partial charge < -0.3 is 10.2 Å². The third-order valence-corrected chi connectivity index (χ3v) is 6.24. The third-order valence-electron chi connectivity index (χ3n) is 4.49. The van der Waals surface area contributed by atoms with E-state index in [0.717, 1.165) is 5.69 Å². The zero-order chi connectivity index (χ0) is 18.7. The summed E-state index contributed by atoms with van der Waals surface area (Å²) in [5.74, 6) is -0.0585. The number of aromatic nitrogens is 1. The number of anilines is 2. The molecule has 1 aliphatic heterocycles. The van der Waals surface area contributed by atoms with E-state index in [4.69, 9.17) is 0 Å². The van der Waals surface area contributed by atoms with Crippen LogP contribution in [0.2, 0.25) is 0 Å². The standard InChI is InChI=1S/C18H20FN3O3S/c1-22(15-8-9-26(24,25)12-15)14-6-7-17(20-11-14)21-18(23)10-13-4-2-3-5-16(13)19/h2-7,11,15H,8-10,12H2,1H3,(H,20,21,23). The predicted octanol–water partition coefficient (Wildman–Crippen LogP) is 2.03. The first-order chi connectivity index (χ1) is 12.3. The van der Waals surface area contributed by atoms with E-state index >= 15 is 0 Å². The number of sulfone groups is 1. The minimum Gasteiger partial charge on any atom is -0.369 e. The summed E-state index contributed by atoms with van der Waals surface area (Å²) in [6.45, 7) is 0. The lowest BCUT2D eigenvalue weighted by atomic mass is 10.1. The van der Waals surface area contributed by atoms with Crippen LogP contribution < -0.4 is 10.2 Å². The average molecular weight is 377 g/mol. The summed E-state index contributed by atoms with van der Waals surface area (Å²) in [7, 11) is -1.12. The molecule has 0 radical (unpaired) electrons. The first-order valence-electron chi connectivity index (χ1n) is 8.26. The summed E-state index contributed by atoms with van der Waals surface area (Å²) in [5.41, 5.74) is 1.10. The summed E-state index contributed by atoms with van der Waals surface area (Å²) in [5, 5.41) is 2.64. The Morgan fingerprint density at radius 2 is 2.08 bits per heavy atom. The molecule has 1 fully saturated rings. The zero-order valence-corrected chi connectivity index (χ0v) is 15.2. The molecule has 0 bridgehead atoms. The first kappa shape index (κ1) is 18.3. The van der Waals surface area contributed by atoms with Gasteiger partial charge in [0.25, 0.3) is 0 Å². The van der Waals surface area contributed by atoms with Crippen molar-refractivity contribution in [1.82, 2.24) is 4.98 Å². The van der Waals surface area contributed by atoms with Crippen LogP contribution in [0.25, 0.3) is 0 Å². The predicted molar refractivity (Wildman–Crippen MR) is 98.4 cm³/mol. The fourth-order valence-corrected chi connectivity index (χ4v) is 4.74. The molecule has 2 aromatic rings. The highest BCUT2D eigenvalue weighted by molar-refractivity contribution is 7.91. The van der Waals surface area contributed by atoms with Crippen molar-refractivity contribution < 1.29 is 17.6 Å². The van der Waals surface area contributed by atoms with Crippen molar-refractivity contribution in [3.05, 3.63) is 54.0 Å². The van der Waals surface area contributed by atoms with E-state index in [1.165, 1.54) is 6.07 Å². The van der Waals surface area contributed by atoms with Crippen LogP contribution in [0.4, 0.5) is 15.9 Å². The van der Waals surface area contributed by atoms with Crippen LogP contribution in [0.1, 0.15) is 12.0 Å². The largest absolute Gasteiger partial charge is 0.369 e. The van der Waals surface area contributed by atoms with Crippen molar-refractivity contribution in [2.45, 2.75) is 18.9 Å². The summed E-state index contributed by atoms with van der Waals surface area (Å²) >= 11 is 0. The van der Waals surface area contributed by atoms with Crippen molar-refractivity contribution in [2.75, 3.05) is 28.8 Å². The molecule has 8 heteroatoms. The van der Waals surface area contributed by atoms with E-state index in [9.17, 15) is 17.6 Å². The number of carbonyl (C=O) groups excluding carboxylic acids is 1. The Kier molecular flexibility index (Phi) is 5.22. The van der Waals surface area contributed by atoms with Gasteiger partial charge in [-0.2, -0.15) is 0 Å². The van der Waals surface area contributed by atoms with Gasteiger partial charge in [-0.25, -0.2) is 17.8 Å². The minimum atomic E-state index is -2.96. The summed E-state index contributed by atoms with van der Waals surface area (Å²) in [6, 6.07) is 9.49. The number of hydrogen-bond acceptors (Lipinski definition) is 5. The van der Waals surface area contributed by atoms with Crippen LogP contribution in [-0.2, 0) is 21.1 Å². The quantitative estimate of drug-likeness (QED) is 0.862. The molecule has 138 valence electrons. The molecule has 1 amide bonds. The van der Waals surface area contributed by atoms with E-state index in [2.05, 4.69) is 10.3 Å². The van der Waals surface area contributed by atoms with E-state index in [1.54, 1.807) is 36.5 Å².